The van der Waals surface area contributed by atoms with Crippen molar-refractivity contribution in [2.24, 2.45) is 5.92 Å². The third-order valence-electron chi connectivity index (χ3n) is 7.43. The molecule has 40 heavy (non-hydrogen) atoms. The first-order chi connectivity index (χ1) is 19.5. The van der Waals surface area contributed by atoms with Gasteiger partial charge in [-0.1, -0.05) is 69.4 Å². The molecule has 3 aromatic carbocycles. The Kier molecular flexibility index (Phi) is 8.40. The van der Waals surface area contributed by atoms with Crippen molar-refractivity contribution in [2.75, 3.05) is 16.6 Å². The number of hydrogen-bond acceptors (Lipinski definition) is 7. The third-order valence-corrected chi connectivity index (χ3v) is 7.43. The van der Waals surface area contributed by atoms with E-state index >= 15 is 0 Å². The van der Waals surface area contributed by atoms with Crippen molar-refractivity contribution in [3.8, 4) is 5.75 Å². The Hall–Kier alpha value is -4.24. The SMILES string of the molecule is CCCCCCCCOc1ccc([C@H]2[C@H]3C(=O)N(c4ccc([N+](=O)[O-])cc4)C(=O)[C@H]3ON2c2ccccc2)cc1. The number of benzene rings is 3. The molecule has 9 heteroatoms. The summed E-state index contributed by atoms with van der Waals surface area (Å²) in [6.45, 7) is 2.86. The van der Waals surface area contributed by atoms with Crippen LogP contribution in [-0.4, -0.2) is 29.4 Å². The summed E-state index contributed by atoms with van der Waals surface area (Å²) in [5.41, 5.74) is 1.70. The molecule has 9 nitrogen and oxygen atoms in total. The summed E-state index contributed by atoms with van der Waals surface area (Å²) in [6.07, 6.45) is 6.12. The average Bonchev–Trinajstić information content (AvgIpc) is 3.49. The van der Waals surface area contributed by atoms with Crippen molar-refractivity contribution in [3.05, 3.63) is 94.5 Å². The van der Waals surface area contributed by atoms with Crippen LogP contribution in [0, 0.1) is 16.0 Å². The van der Waals surface area contributed by atoms with E-state index < -0.39 is 34.8 Å². The number of carbonyl (C=O) groups excluding carboxylic acids is 2. The molecule has 0 spiro atoms. The Labute approximate surface area is 233 Å². The largest absolute Gasteiger partial charge is 0.494 e. The summed E-state index contributed by atoms with van der Waals surface area (Å²) in [5.74, 6) is -0.944. The van der Waals surface area contributed by atoms with Crippen LogP contribution in [0.15, 0.2) is 78.9 Å². The van der Waals surface area contributed by atoms with Gasteiger partial charge in [0.25, 0.3) is 11.6 Å². The van der Waals surface area contributed by atoms with Gasteiger partial charge < -0.3 is 4.74 Å². The molecule has 2 aliphatic heterocycles. The number of ether oxygens (including phenoxy) is 1. The van der Waals surface area contributed by atoms with E-state index in [0.717, 1.165) is 34.7 Å². The normalized spacial score (nSPS) is 20.2. The first-order valence-electron chi connectivity index (χ1n) is 13.9. The molecule has 2 saturated heterocycles. The van der Waals surface area contributed by atoms with Crippen molar-refractivity contribution >= 4 is 28.9 Å². The number of hydroxylamine groups is 1. The lowest BCUT2D eigenvalue weighted by Crippen LogP contribution is -2.37. The zero-order valence-corrected chi connectivity index (χ0v) is 22.5. The fourth-order valence-corrected chi connectivity index (χ4v) is 5.36. The van der Waals surface area contributed by atoms with E-state index in [1.54, 1.807) is 5.06 Å². The Morgan fingerprint density at radius 3 is 2.17 bits per heavy atom. The highest BCUT2D eigenvalue weighted by Crippen LogP contribution is 2.47. The van der Waals surface area contributed by atoms with Crippen LogP contribution in [-0.2, 0) is 14.4 Å². The van der Waals surface area contributed by atoms with Gasteiger partial charge >= 0.3 is 0 Å². The molecule has 0 aliphatic carbocycles. The first-order valence-corrected chi connectivity index (χ1v) is 13.9. The predicted molar refractivity (Wildman–Crippen MR) is 151 cm³/mol. The van der Waals surface area contributed by atoms with Crippen molar-refractivity contribution in [1.29, 1.82) is 0 Å². The number of nitrogens with zero attached hydrogens (tertiary/aromatic N) is 3. The van der Waals surface area contributed by atoms with E-state index in [1.165, 1.54) is 49.9 Å². The summed E-state index contributed by atoms with van der Waals surface area (Å²) in [5, 5.41) is 12.7. The Balaban J connectivity index is 1.35. The van der Waals surface area contributed by atoms with Crippen molar-refractivity contribution < 1.29 is 24.1 Å². The molecule has 2 amide bonds. The Morgan fingerprint density at radius 2 is 1.50 bits per heavy atom. The lowest BCUT2D eigenvalue weighted by atomic mass is 9.90. The molecule has 2 aliphatic rings. The molecule has 0 bridgehead atoms. The van der Waals surface area contributed by atoms with Gasteiger partial charge in [-0.25, -0.2) is 9.96 Å². The summed E-state index contributed by atoms with van der Waals surface area (Å²) < 4.78 is 5.95. The molecule has 208 valence electrons. The zero-order valence-electron chi connectivity index (χ0n) is 22.5. The fourth-order valence-electron chi connectivity index (χ4n) is 5.36. The van der Waals surface area contributed by atoms with Gasteiger partial charge in [0.15, 0.2) is 6.10 Å². The number of rotatable bonds is 12. The number of carbonyl (C=O) groups is 2. The number of anilines is 2. The number of amides is 2. The van der Waals surface area contributed by atoms with Crippen molar-refractivity contribution in [3.63, 3.8) is 0 Å². The summed E-state index contributed by atoms with van der Waals surface area (Å²) in [6, 6.07) is 21.8. The van der Waals surface area contributed by atoms with Gasteiger partial charge in [-0.05, 0) is 48.4 Å². The van der Waals surface area contributed by atoms with Crippen LogP contribution in [0.5, 0.6) is 5.75 Å². The lowest BCUT2D eigenvalue weighted by molar-refractivity contribution is -0.384. The van der Waals surface area contributed by atoms with E-state index in [-0.39, 0.29) is 11.4 Å². The molecule has 3 aromatic rings. The number of hydrogen-bond donors (Lipinski definition) is 0. The highest BCUT2D eigenvalue weighted by Gasteiger charge is 2.60. The van der Waals surface area contributed by atoms with E-state index in [9.17, 15) is 19.7 Å². The monoisotopic (exact) mass is 543 g/mol. The summed E-state index contributed by atoms with van der Waals surface area (Å²) in [7, 11) is 0. The van der Waals surface area contributed by atoms with E-state index in [2.05, 4.69) is 6.92 Å². The maximum absolute atomic E-state index is 13.8. The Morgan fingerprint density at radius 1 is 0.825 bits per heavy atom. The Bertz CT molecular complexity index is 1330. The van der Waals surface area contributed by atoms with E-state index in [1.807, 2.05) is 54.6 Å². The molecule has 0 aromatic heterocycles. The van der Waals surface area contributed by atoms with E-state index in [4.69, 9.17) is 9.57 Å². The second kappa shape index (κ2) is 12.3. The van der Waals surface area contributed by atoms with Gasteiger partial charge in [0, 0.05) is 12.1 Å². The molecule has 0 radical (unpaired) electrons. The van der Waals surface area contributed by atoms with Gasteiger partial charge in [-0.2, -0.15) is 0 Å². The van der Waals surface area contributed by atoms with Crippen LogP contribution in [0.3, 0.4) is 0 Å². The predicted octanol–water partition coefficient (Wildman–Crippen LogP) is 6.39. The summed E-state index contributed by atoms with van der Waals surface area (Å²) in [4.78, 5) is 45.0. The van der Waals surface area contributed by atoms with Gasteiger partial charge in [0.05, 0.1) is 28.9 Å². The molecular formula is C31H33N3O6. The number of para-hydroxylation sites is 1. The third kappa shape index (κ3) is 5.56. The second-order valence-electron chi connectivity index (χ2n) is 10.1. The lowest BCUT2D eigenvalue weighted by Gasteiger charge is -2.28. The molecule has 0 saturated carbocycles. The van der Waals surface area contributed by atoms with Crippen LogP contribution < -0.4 is 14.7 Å². The second-order valence-corrected chi connectivity index (χ2v) is 10.1. The molecule has 5 rings (SSSR count). The highest BCUT2D eigenvalue weighted by atomic mass is 16.7. The summed E-state index contributed by atoms with van der Waals surface area (Å²) >= 11 is 0. The molecule has 3 atom stereocenters. The van der Waals surface area contributed by atoms with Crippen molar-refractivity contribution in [2.45, 2.75) is 57.6 Å². The number of nitro groups is 1. The van der Waals surface area contributed by atoms with Crippen LogP contribution in [0.2, 0.25) is 0 Å². The van der Waals surface area contributed by atoms with Gasteiger partial charge in [-0.15, -0.1) is 0 Å². The maximum Gasteiger partial charge on any atom is 0.269 e. The molecule has 0 N–H and O–H groups in total. The highest BCUT2D eigenvalue weighted by molar-refractivity contribution is 6.24. The number of non-ortho nitro benzene ring substituents is 1. The molecule has 2 heterocycles. The van der Waals surface area contributed by atoms with E-state index in [0.29, 0.717) is 6.61 Å². The van der Waals surface area contributed by atoms with Crippen LogP contribution in [0.25, 0.3) is 0 Å². The number of nitro benzene ring substituents is 1. The van der Waals surface area contributed by atoms with Crippen LogP contribution in [0.4, 0.5) is 17.1 Å². The number of fused-ring (bicyclic) bond motifs is 1. The number of unbranched alkanes of at least 4 members (excludes halogenated alkanes) is 5. The quantitative estimate of drug-likeness (QED) is 0.113. The van der Waals surface area contributed by atoms with Crippen LogP contribution >= 0.6 is 0 Å². The topological polar surface area (TPSA) is 102 Å². The minimum atomic E-state index is -1.02. The molecule has 2 fully saturated rings. The van der Waals surface area contributed by atoms with Crippen LogP contribution in [0.1, 0.15) is 57.1 Å². The fraction of sp³-hybridized carbons (Fsp3) is 0.355. The minimum Gasteiger partial charge on any atom is -0.494 e. The van der Waals surface area contributed by atoms with Gasteiger partial charge in [0.2, 0.25) is 5.91 Å². The van der Waals surface area contributed by atoms with Gasteiger partial charge in [0.1, 0.15) is 11.7 Å². The molecular weight excluding hydrogens is 510 g/mol. The average molecular weight is 544 g/mol. The van der Waals surface area contributed by atoms with Gasteiger partial charge in [-0.3, -0.25) is 24.5 Å². The molecule has 0 unspecified atom stereocenters. The zero-order chi connectivity index (χ0) is 28.1. The maximum atomic E-state index is 13.8. The van der Waals surface area contributed by atoms with Crippen molar-refractivity contribution in [1.82, 2.24) is 0 Å². The number of imide groups is 1. The first kappa shape index (κ1) is 27.3. The minimum absolute atomic E-state index is 0.119. The smallest absolute Gasteiger partial charge is 0.269 e. The standard InChI is InChI=1S/C31H33N3O6/c1-2-3-4-5-6-10-21-39-26-19-13-22(14-20-26)28-27-29(40-33(28)24-11-8-7-9-12-24)31(36)32(30(27)35)23-15-17-25(18-16-23)34(37)38/h7-9,11-20,27-29H,2-6,10,21H2,1H3/t27-,28+,29+/m1/s1.